The summed E-state index contributed by atoms with van der Waals surface area (Å²) in [7, 11) is 1.19. The Balaban J connectivity index is 2.21. The maximum atomic E-state index is 13.6. The van der Waals surface area contributed by atoms with Gasteiger partial charge in [-0.3, -0.25) is 4.79 Å². The first-order valence-electron chi connectivity index (χ1n) is 7.26. The molecule has 0 aliphatic heterocycles. The summed E-state index contributed by atoms with van der Waals surface area (Å²) < 4.78 is 31.3. The van der Waals surface area contributed by atoms with E-state index in [4.69, 9.17) is 5.26 Å². The number of hydrogen-bond donors (Lipinski definition) is 2. The fourth-order valence-corrected chi connectivity index (χ4v) is 1.98. The lowest BCUT2D eigenvalue weighted by atomic mass is 10.1. The van der Waals surface area contributed by atoms with E-state index in [2.05, 4.69) is 15.4 Å². The Morgan fingerprint density at radius 3 is 2.58 bits per heavy atom. The summed E-state index contributed by atoms with van der Waals surface area (Å²) in [6.07, 6.45) is 0.938. The highest BCUT2D eigenvalue weighted by Crippen LogP contribution is 2.18. The average molecular weight is 357 g/mol. The number of para-hydroxylation sites is 1. The van der Waals surface area contributed by atoms with Crippen molar-refractivity contribution < 1.29 is 23.1 Å². The molecule has 0 fully saturated rings. The van der Waals surface area contributed by atoms with Crippen molar-refractivity contribution >= 4 is 23.3 Å². The zero-order valence-electron chi connectivity index (χ0n) is 13.5. The minimum absolute atomic E-state index is 0.102. The second kappa shape index (κ2) is 8.39. The standard InChI is InChI=1S/C18H13F2N3O3/c1-26-18(25)13-4-2-3-5-15(13)23-17(24)11(9-21)10-22-16-8-12(19)6-7-14(16)20/h2-8,10,22H,1H3,(H,23,24)/b11-10-. The Hall–Kier alpha value is -3.73. The van der Waals surface area contributed by atoms with Crippen LogP contribution in [0.4, 0.5) is 20.2 Å². The Labute approximate surface area is 147 Å². The van der Waals surface area contributed by atoms with Gasteiger partial charge in [-0.25, -0.2) is 13.6 Å². The van der Waals surface area contributed by atoms with Gasteiger partial charge in [0, 0.05) is 12.3 Å². The van der Waals surface area contributed by atoms with Crippen LogP contribution in [0.3, 0.4) is 0 Å². The first-order valence-corrected chi connectivity index (χ1v) is 7.26. The van der Waals surface area contributed by atoms with Crippen LogP contribution in [0.15, 0.2) is 54.2 Å². The molecule has 0 aromatic heterocycles. The molecule has 132 valence electrons. The van der Waals surface area contributed by atoms with Crippen LogP contribution in [-0.4, -0.2) is 19.0 Å². The van der Waals surface area contributed by atoms with Gasteiger partial charge >= 0.3 is 5.97 Å². The third-order valence-corrected chi connectivity index (χ3v) is 3.25. The van der Waals surface area contributed by atoms with Crippen molar-refractivity contribution in [2.75, 3.05) is 17.7 Å². The molecular formula is C18H13F2N3O3. The molecule has 0 unspecified atom stereocenters. The van der Waals surface area contributed by atoms with Crippen LogP contribution in [-0.2, 0) is 9.53 Å². The Morgan fingerprint density at radius 2 is 1.88 bits per heavy atom. The topological polar surface area (TPSA) is 91.2 Å². The first kappa shape index (κ1) is 18.6. The van der Waals surface area contributed by atoms with E-state index < -0.39 is 29.1 Å². The second-order valence-corrected chi connectivity index (χ2v) is 4.93. The molecule has 0 saturated heterocycles. The molecule has 0 spiro atoms. The van der Waals surface area contributed by atoms with E-state index in [1.165, 1.54) is 19.2 Å². The van der Waals surface area contributed by atoms with Crippen molar-refractivity contribution in [3.63, 3.8) is 0 Å². The lowest BCUT2D eigenvalue weighted by Gasteiger charge is -2.09. The van der Waals surface area contributed by atoms with Gasteiger partial charge in [0.1, 0.15) is 23.3 Å². The summed E-state index contributed by atoms with van der Waals surface area (Å²) in [5.74, 6) is -2.94. The molecule has 0 aliphatic rings. The normalized spacial score (nSPS) is 10.6. The van der Waals surface area contributed by atoms with Crippen LogP contribution in [0.2, 0.25) is 0 Å². The number of carbonyl (C=O) groups excluding carboxylic acids is 2. The lowest BCUT2D eigenvalue weighted by Crippen LogP contribution is -2.17. The van der Waals surface area contributed by atoms with Gasteiger partial charge < -0.3 is 15.4 Å². The van der Waals surface area contributed by atoms with E-state index in [9.17, 15) is 18.4 Å². The summed E-state index contributed by atoms with van der Waals surface area (Å²) >= 11 is 0. The molecule has 6 nitrogen and oxygen atoms in total. The maximum Gasteiger partial charge on any atom is 0.339 e. The fraction of sp³-hybridized carbons (Fsp3) is 0.0556. The molecule has 1 amide bonds. The molecule has 0 bridgehead atoms. The van der Waals surface area contributed by atoms with Crippen molar-refractivity contribution in [3.8, 4) is 6.07 Å². The van der Waals surface area contributed by atoms with Crippen molar-refractivity contribution in [1.82, 2.24) is 0 Å². The van der Waals surface area contributed by atoms with E-state index in [1.54, 1.807) is 18.2 Å². The van der Waals surface area contributed by atoms with Gasteiger partial charge in [0.25, 0.3) is 5.91 Å². The number of hydrogen-bond acceptors (Lipinski definition) is 5. The summed E-state index contributed by atoms with van der Waals surface area (Å²) in [5.41, 5.74) is -0.402. The number of nitriles is 1. The van der Waals surface area contributed by atoms with Gasteiger partial charge in [0.15, 0.2) is 0 Å². The molecule has 0 heterocycles. The monoisotopic (exact) mass is 357 g/mol. The van der Waals surface area contributed by atoms with Crippen LogP contribution in [0.1, 0.15) is 10.4 Å². The zero-order valence-corrected chi connectivity index (χ0v) is 13.5. The van der Waals surface area contributed by atoms with Gasteiger partial charge in [0.2, 0.25) is 0 Å². The number of nitrogens with zero attached hydrogens (tertiary/aromatic N) is 1. The predicted octanol–water partition coefficient (Wildman–Crippen LogP) is 3.21. The molecular weight excluding hydrogens is 344 g/mol. The van der Waals surface area contributed by atoms with E-state index in [0.717, 1.165) is 24.4 Å². The number of carbonyl (C=O) groups is 2. The highest BCUT2D eigenvalue weighted by atomic mass is 19.1. The number of anilines is 2. The van der Waals surface area contributed by atoms with Crippen molar-refractivity contribution in [2.45, 2.75) is 0 Å². The Kier molecular flexibility index (Phi) is 6.01. The molecule has 0 aliphatic carbocycles. The van der Waals surface area contributed by atoms with E-state index in [0.29, 0.717) is 0 Å². The maximum absolute atomic E-state index is 13.6. The molecule has 2 aromatic rings. The van der Waals surface area contributed by atoms with Crippen LogP contribution in [0.5, 0.6) is 0 Å². The molecule has 8 heteroatoms. The number of nitrogens with one attached hydrogen (secondary N) is 2. The Morgan fingerprint density at radius 1 is 1.15 bits per heavy atom. The molecule has 2 aromatic carbocycles. The summed E-state index contributed by atoms with van der Waals surface area (Å²) in [6, 6.07) is 10.4. The van der Waals surface area contributed by atoms with Crippen LogP contribution < -0.4 is 10.6 Å². The first-order chi connectivity index (χ1) is 12.5. The second-order valence-electron chi connectivity index (χ2n) is 4.93. The van der Waals surface area contributed by atoms with Crippen LogP contribution in [0.25, 0.3) is 0 Å². The fourth-order valence-electron chi connectivity index (χ4n) is 1.98. The van der Waals surface area contributed by atoms with Crippen molar-refractivity contribution in [3.05, 3.63) is 71.4 Å². The average Bonchev–Trinajstić information content (AvgIpc) is 2.64. The number of benzene rings is 2. The summed E-state index contributed by atoms with van der Waals surface area (Å²) in [5, 5.41) is 13.9. The van der Waals surface area contributed by atoms with E-state index >= 15 is 0 Å². The smallest absolute Gasteiger partial charge is 0.339 e. The predicted molar refractivity (Wildman–Crippen MR) is 90.1 cm³/mol. The minimum Gasteiger partial charge on any atom is -0.465 e. The summed E-state index contributed by atoms with van der Waals surface area (Å²) in [6.45, 7) is 0. The Bertz CT molecular complexity index is 920. The number of methoxy groups -OCH3 is 1. The molecule has 0 radical (unpaired) electrons. The number of esters is 1. The molecule has 2 rings (SSSR count). The highest BCUT2D eigenvalue weighted by molar-refractivity contribution is 6.09. The lowest BCUT2D eigenvalue weighted by molar-refractivity contribution is -0.112. The van der Waals surface area contributed by atoms with Crippen LogP contribution in [0, 0.1) is 23.0 Å². The quantitative estimate of drug-likeness (QED) is 0.487. The van der Waals surface area contributed by atoms with Gasteiger partial charge in [-0.1, -0.05) is 12.1 Å². The largest absolute Gasteiger partial charge is 0.465 e. The highest BCUT2D eigenvalue weighted by Gasteiger charge is 2.16. The number of amides is 1. The molecule has 0 saturated carbocycles. The van der Waals surface area contributed by atoms with Gasteiger partial charge in [-0.2, -0.15) is 5.26 Å². The number of halogens is 2. The minimum atomic E-state index is -0.840. The van der Waals surface area contributed by atoms with Gasteiger partial charge in [-0.15, -0.1) is 0 Å². The third-order valence-electron chi connectivity index (χ3n) is 3.25. The zero-order chi connectivity index (χ0) is 19.1. The SMILES string of the molecule is COC(=O)c1ccccc1NC(=O)/C(C#N)=C\Nc1cc(F)ccc1F. The van der Waals surface area contributed by atoms with Crippen molar-refractivity contribution in [2.24, 2.45) is 0 Å². The van der Waals surface area contributed by atoms with E-state index in [1.807, 2.05) is 0 Å². The number of rotatable bonds is 5. The van der Waals surface area contributed by atoms with Gasteiger partial charge in [-0.05, 0) is 24.3 Å². The van der Waals surface area contributed by atoms with Crippen LogP contribution >= 0.6 is 0 Å². The molecule has 0 atom stereocenters. The van der Waals surface area contributed by atoms with Gasteiger partial charge in [0.05, 0.1) is 24.0 Å². The number of ether oxygens (including phenoxy) is 1. The van der Waals surface area contributed by atoms with E-state index in [-0.39, 0.29) is 16.9 Å². The summed E-state index contributed by atoms with van der Waals surface area (Å²) in [4.78, 5) is 23.9. The third kappa shape index (κ3) is 4.42. The van der Waals surface area contributed by atoms with Crippen molar-refractivity contribution in [1.29, 1.82) is 5.26 Å². The molecule has 26 heavy (non-hydrogen) atoms. The molecule has 2 N–H and O–H groups in total.